The Morgan fingerprint density at radius 2 is 2.21 bits per heavy atom. The van der Waals surface area contributed by atoms with E-state index in [-0.39, 0.29) is 0 Å². The number of ether oxygens (including phenoxy) is 1. The molecule has 0 aromatic heterocycles. The first-order valence-electron chi connectivity index (χ1n) is 4.78. The van der Waals surface area contributed by atoms with E-state index in [1.165, 1.54) is 0 Å². The number of nitrogens with one attached hydrogen (secondary N) is 1. The molecule has 0 bridgehead atoms. The molecule has 0 saturated carbocycles. The molecule has 1 heterocycles. The van der Waals surface area contributed by atoms with Crippen molar-refractivity contribution in [3.05, 3.63) is 29.8 Å². The predicted molar refractivity (Wildman–Crippen MR) is 55.7 cm³/mol. The third-order valence-corrected chi connectivity index (χ3v) is 2.43. The molecule has 1 N–H and O–H groups in total. The maximum absolute atomic E-state index is 7.60. The smallest absolute Gasteiger partial charge is 0.124 e. The van der Waals surface area contributed by atoms with E-state index in [0.29, 0.717) is 12.4 Å². The van der Waals surface area contributed by atoms with Gasteiger partial charge in [0.2, 0.25) is 0 Å². The second kappa shape index (κ2) is 3.70. The average Bonchev–Trinajstić information content (AvgIpc) is 2.39. The molecule has 14 heavy (non-hydrogen) atoms. The Kier molecular flexibility index (Phi) is 2.39. The van der Waals surface area contributed by atoms with Crippen molar-refractivity contribution in [1.29, 1.82) is 5.41 Å². The maximum Gasteiger partial charge on any atom is 0.124 e. The zero-order valence-electron chi connectivity index (χ0n) is 8.29. The second-order valence-electron chi connectivity index (χ2n) is 3.46. The summed E-state index contributed by atoms with van der Waals surface area (Å²) in [5.41, 5.74) is 1.16. The van der Waals surface area contributed by atoms with Crippen molar-refractivity contribution in [2.75, 3.05) is 13.2 Å². The van der Waals surface area contributed by atoms with Crippen molar-refractivity contribution >= 4 is 5.84 Å². The molecule has 1 aromatic rings. The highest BCUT2D eigenvalue weighted by Crippen LogP contribution is 2.22. The molecule has 3 heteroatoms. The molecule has 0 amide bonds. The third-order valence-electron chi connectivity index (χ3n) is 2.43. The highest BCUT2D eigenvalue weighted by atomic mass is 16.5. The zero-order chi connectivity index (χ0) is 9.97. The summed E-state index contributed by atoms with van der Waals surface area (Å²) < 4.78 is 5.59. The van der Waals surface area contributed by atoms with Gasteiger partial charge in [-0.05, 0) is 13.0 Å². The lowest BCUT2D eigenvalue weighted by atomic mass is 10.2. The normalized spacial score (nSPS) is 15.4. The van der Waals surface area contributed by atoms with Gasteiger partial charge in [-0.1, -0.05) is 18.2 Å². The van der Waals surface area contributed by atoms with E-state index in [1.807, 2.05) is 30.0 Å². The van der Waals surface area contributed by atoms with Gasteiger partial charge in [0.15, 0.2) is 0 Å². The summed E-state index contributed by atoms with van der Waals surface area (Å²) in [6.07, 6.45) is 0. The fourth-order valence-electron chi connectivity index (χ4n) is 1.61. The minimum Gasteiger partial charge on any atom is -0.491 e. The van der Waals surface area contributed by atoms with Gasteiger partial charge in [-0.25, -0.2) is 0 Å². The van der Waals surface area contributed by atoms with Crippen molar-refractivity contribution in [3.8, 4) is 5.75 Å². The van der Waals surface area contributed by atoms with Crippen LogP contribution in [-0.4, -0.2) is 23.9 Å². The van der Waals surface area contributed by atoms with E-state index in [1.54, 1.807) is 0 Å². The molecule has 0 spiro atoms. The Balaban J connectivity index is 2.26. The molecule has 0 radical (unpaired) electrons. The number of hydrogen-bond acceptors (Lipinski definition) is 2. The summed E-state index contributed by atoms with van der Waals surface area (Å²) in [6.45, 7) is 4.05. The number of hydrogen-bond donors (Lipinski definition) is 1. The molecule has 0 aliphatic carbocycles. The lowest BCUT2D eigenvalue weighted by Crippen LogP contribution is -2.29. The summed E-state index contributed by atoms with van der Waals surface area (Å²) in [6, 6.07) is 8.02. The SMILES string of the molecule is CC(=N)N1CCOc2ccccc2C1. The van der Waals surface area contributed by atoms with Crippen LogP contribution in [0.1, 0.15) is 12.5 Å². The molecule has 3 nitrogen and oxygen atoms in total. The molecule has 1 aliphatic heterocycles. The minimum absolute atomic E-state index is 0.602. The van der Waals surface area contributed by atoms with E-state index >= 15 is 0 Å². The number of nitrogens with zero attached hydrogens (tertiary/aromatic N) is 1. The van der Waals surface area contributed by atoms with E-state index < -0.39 is 0 Å². The van der Waals surface area contributed by atoms with Crippen molar-refractivity contribution in [1.82, 2.24) is 4.90 Å². The number of fused-ring (bicyclic) bond motifs is 1. The van der Waals surface area contributed by atoms with Crippen LogP contribution in [0, 0.1) is 5.41 Å². The van der Waals surface area contributed by atoms with Crippen LogP contribution >= 0.6 is 0 Å². The van der Waals surface area contributed by atoms with Crippen molar-refractivity contribution in [3.63, 3.8) is 0 Å². The van der Waals surface area contributed by atoms with Crippen LogP contribution in [0.2, 0.25) is 0 Å². The Morgan fingerprint density at radius 3 is 3.00 bits per heavy atom. The van der Waals surface area contributed by atoms with Gasteiger partial charge in [0.05, 0.1) is 12.4 Å². The molecule has 0 saturated heterocycles. The molecule has 0 atom stereocenters. The van der Waals surface area contributed by atoms with Crippen LogP contribution in [0.4, 0.5) is 0 Å². The summed E-state index contributed by atoms with van der Waals surface area (Å²) in [5.74, 6) is 1.56. The Labute approximate surface area is 83.8 Å². The molecule has 1 aliphatic rings. The molecule has 1 aromatic carbocycles. The topological polar surface area (TPSA) is 36.3 Å². The summed E-state index contributed by atoms with van der Waals surface area (Å²) >= 11 is 0. The van der Waals surface area contributed by atoms with E-state index in [0.717, 1.165) is 24.4 Å². The molecule has 0 fully saturated rings. The van der Waals surface area contributed by atoms with Crippen molar-refractivity contribution in [2.45, 2.75) is 13.5 Å². The first-order valence-corrected chi connectivity index (χ1v) is 4.78. The average molecular weight is 190 g/mol. The maximum atomic E-state index is 7.60. The van der Waals surface area contributed by atoms with Gasteiger partial charge in [0.25, 0.3) is 0 Å². The molecular formula is C11H14N2O. The largest absolute Gasteiger partial charge is 0.491 e. The quantitative estimate of drug-likeness (QED) is 0.501. The van der Waals surface area contributed by atoms with Crippen LogP contribution in [0.25, 0.3) is 0 Å². The third kappa shape index (κ3) is 1.71. The lowest BCUT2D eigenvalue weighted by molar-refractivity contribution is 0.288. The van der Waals surface area contributed by atoms with Gasteiger partial charge in [-0.3, -0.25) is 5.41 Å². The van der Waals surface area contributed by atoms with Gasteiger partial charge in [-0.15, -0.1) is 0 Å². The predicted octanol–water partition coefficient (Wildman–Crippen LogP) is 1.88. The first kappa shape index (κ1) is 9.06. The van der Waals surface area contributed by atoms with Crippen molar-refractivity contribution in [2.24, 2.45) is 0 Å². The van der Waals surface area contributed by atoms with E-state index in [9.17, 15) is 0 Å². The molecule has 0 unspecified atom stereocenters. The van der Waals surface area contributed by atoms with Gasteiger partial charge in [0, 0.05) is 12.1 Å². The summed E-state index contributed by atoms with van der Waals surface area (Å²) in [7, 11) is 0. The fourth-order valence-corrected chi connectivity index (χ4v) is 1.61. The molecule has 2 rings (SSSR count). The first-order chi connectivity index (χ1) is 6.77. The van der Waals surface area contributed by atoms with Crippen LogP contribution in [0.3, 0.4) is 0 Å². The van der Waals surface area contributed by atoms with Gasteiger partial charge in [0.1, 0.15) is 12.4 Å². The van der Waals surface area contributed by atoms with Crippen LogP contribution in [0.5, 0.6) is 5.75 Å². The Morgan fingerprint density at radius 1 is 1.43 bits per heavy atom. The number of amidine groups is 1. The monoisotopic (exact) mass is 190 g/mol. The standard InChI is InChI=1S/C11H14N2O/c1-9(12)13-6-7-14-11-5-3-2-4-10(11)8-13/h2-5,12H,6-8H2,1H3. The Hall–Kier alpha value is -1.51. The highest BCUT2D eigenvalue weighted by molar-refractivity contribution is 5.76. The van der Waals surface area contributed by atoms with Crippen molar-refractivity contribution < 1.29 is 4.74 Å². The van der Waals surface area contributed by atoms with Crippen LogP contribution in [-0.2, 0) is 6.54 Å². The van der Waals surface area contributed by atoms with E-state index in [4.69, 9.17) is 10.1 Å². The van der Waals surface area contributed by atoms with E-state index in [2.05, 4.69) is 6.07 Å². The molecule has 74 valence electrons. The summed E-state index contributed by atoms with van der Waals surface area (Å²) in [5, 5.41) is 7.60. The number of benzene rings is 1. The van der Waals surface area contributed by atoms with Crippen LogP contribution in [0.15, 0.2) is 24.3 Å². The highest BCUT2D eigenvalue weighted by Gasteiger charge is 2.14. The summed E-state index contributed by atoms with van der Waals surface area (Å²) in [4.78, 5) is 2.02. The minimum atomic E-state index is 0.602. The second-order valence-corrected chi connectivity index (χ2v) is 3.46. The number of para-hydroxylation sites is 1. The number of rotatable bonds is 0. The zero-order valence-corrected chi connectivity index (χ0v) is 8.29. The van der Waals surface area contributed by atoms with Gasteiger partial charge < -0.3 is 9.64 Å². The molecular weight excluding hydrogens is 176 g/mol. The van der Waals surface area contributed by atoms with Crippen LogP contribution < -0.4 is 4.74 Å². The Bertz CT molecular complexity index is 349. The van der Waals surface area contributed by atoms with Gasteiger partial charge in [-0.2, -0.15) is 0 Å². The van der Waals surface area contributed by atoms with Gasteiger partial charge >= 0.3 is 0 Å². The fraction of sp³-hybridized carbons (Fsp3) is 0.364. The lowest BCUT2D eigenvalue weighted by Gasteiger charge is -2.19.